The quantitative estimate of drug-likeness (QED) is 0.275. The van der Waals surface area contributed by atoms with Gasteiger partial charge in [0.25, 0.3) is 0 Å². The molecule has 1 aliphatic rings. The lowest BCUT2D eigenvalue weighted by atomic mass is 9.74. The molecular weight excluding hydrogens is 485 g/mol. The second-order valence-corrected chi connectivity index (χ2v) is 11.1. The topological polar surface area (TPSA) is 90.2 Å². The Labute approximate surface area is 190 Å². The van der Waals surface area contributed by atoms with Gasteiger partial charge in [0, 0.05) is 35.5 Å². The van der Waals surface area contributed by atoms with E-state index in [0.29, 0.717) is 25.8 Å². The summed E-state index contributed by atoms with van der Waals surface area (Å²) in [6.07, 6.45) is -0.261. The number of rotatable bonds is 1. The molecule has 0 aromatic carbocycles. The molecule has 29 heavy (non-hydrogen) atoms. The number of ether oxygens (including phenoxy) is 1. The molecule has 9 atom stereocenters. The van der Waals surface area contributed by atoms with Gasteiger partial charge in [-0.25, -0.2) is 3.11 Å². The predicted molar refractivity (Wildman–Crippen MR) is 124 cm³/mol. The zero-order valence-electron chi connectivity index (χ0n) is 19.4. The van der Waals surface area contributed by atoms with Gasteiger partial charge in [-0.2, -0.15) is 0 Å². The second kappa shape index (κ2) is 10.6. The van der Waals surface area contributed by atoms with Gasteiger partial charge in [-0.3, -0.25) is 4.79 Å². The lowest BCUT2D eigenvalue weighted by Crippen LogP contribution is -2.58. The third kappa shape index (κ3) is 6.76. The van der Waals surface area contributed by atoms with Gasteiger partial charge in [-0.05, 0) is 57.8 Å². The number of aliphatic hydroxyl groups is 3. The third-order valence-electron chi connectivity index (χ3n) is 6.99. The molecule has 0 aromatic rings. The number of hydrogen-bond acceptors (Lipinski definition) is 6. The maximum atomic E-state index is 12.7. The highest BCUT2D eigenvalue weighted by atomic mass is 127. The molecule has 0 aromatic heterocycles. The molecule has 0 amide bonds. The number of nitrogens with zero attached hydrogens (tertiary/aromatic N) is 1. The van der Waals surface area contributed by atoms with Crippen LogP contribution in [-0.2, 0) is 9.53 Å². The van der Waals surface area contributed by atoms with Gasteiger partial charge in [0.15, 0.2) is 0 Å². The van der Waals surface area contributed by atoms with Crippen molar-refractivity contribution < 1.29 is 24.9 Å². The summed E-state index contributed by atoms with van der Waals surface area (Å²) < 4.78 is 7.66. The first-order valence-electron chi connectivity index (χ1n) is 10.9. The van der Waals surface area contributed by atoms with Gasteiger partial charge in [0.05, 0.1) is 11.5 Å². The van der Waals surface area contributed by atoms with Gasteiger partial charge in [-0.1, -0.05) is 34.6 Å². The summed E-state index contributed by atoms with van der Waals surface area (Å²) in [6, 6.07) is -0.357. The Kier molecular flexibility index (Phi) is 9.87. The minimum atomic E-state index is -1.57. The zero-order chi connectivity index (χ0) is 22.7. The molecule has 0 radical (unpaired) electrons. The zero-order valence-corrected chi connectivity index (χ0v) is 21.5. The van der Waals surface area contributed by atoms with Crippen LogP contribution in [0.2, 0.25) is 0 Å². The van der Waals surface area contributed by atoms with E-state index in [9.17, 15) is 20.1 Å². The second-order valence-electron chi connectivity index (χ2n) is 9.90. The minimum absolute atomic E-state index is 0.0149. The molecule has 3 N–H and O–H groups in total. The Bertz CT molecular complexity index is 541. The number of carbonyl (C=O) groups is 1. The molecule has 0 bridgehead atoms. The van der Waals surface area contributed by atoms with Gasteiger partial charge < -0.3 is 20.1 Å². The molecule has 0 saturated carbocycles. The Morgan fingerprint density at radius 3 is 2.24 bits per heavy atom. The van der Waals surface area contributed by atoms with E-state index in [1.807, 2.05) is 37.7 Å². The van der Waals surface area contributed by atoms with E-state index in [-0.39, 0.29) is 35.7 Å². The maximum Gasteiger partial charge on any atom is 0.309 e. The third-order valence-corrected chi connectivity index (χ3v) is 8.26. The Balaban J connectivity index is 3.27. The number of esters is 1. The van der Waals surface area contributed by atoms with Crippen LogP contribution in [0.4, 0.5) is 0 Å². The fraction of sp³-hybridized carbons (Fsp3) is 0.955. The van der Waals surface area contributed by atoms with Crippen molar-refractivity contribution in [1.29, 1.82) is 0 Å². The molecular formula is C22H42INO5. The molecule has 172 valence electrons. The summed E-state index contributed by atoms with van der Waals surface area (Å²) in [5, 5.41) is 33.2. The summed E-state index contributed by atoms with van der Waals surface area (Å²) in [5.41, 5.74) is -2.43. The van der Waals surface area contributed by atoms with Crippen molar-refractivity contribution in [3.63, 3.8) is 0 Å². The summed E-state index contributed by atoms with van der Waals surface area (Å²) in [5.74, 6) is -0.387. The van der Waals surface area contributed by atoms with Crippen LogP contribution in [-0.4, -0.2) is 60.4 Å². The minimum Gasteiger partial charge on any atom is -0.459 e. The Hall–Kier alpha value is 0.0400. The van der Waals surface area contributed by atoms with Crippen LogP contribution in [0.1, 0.15) is 74.7 Å². The van der Waals surface area contributed by atoms with Crippen LogP contribution < -0.4 is 0 Å². The molecule has 0 spiro atoms. The lowest BCUT2D eigenvalue weighted by Gasteiger charge is -2.41. The summed E-state index contributed by atoms with van der Waals surface area (Å²) in [7, 11) is 0. The first-order valence-corrected chi connectivity index (χ1v) is 11.9. The van der Waals surface area contributed by atoms with Crippen LogP contribution in [0.25, 0.3) is 0 Å². The van der Waals surface area contributed by atoms with E-state index in [1.165, 1.54) is 0 Å². The summed E-state index contributed by atoms with van der Waals surface area (Å²) >= 11 is 2.17. The largest absolute Gasteiger partial charge is 0.459 e. The van der Waals surface area contributed by atoms with E-state index < -0.39 is 23.4 Å². The molecule has 0 unspecified atom stereocenters. The number of aliphatic hydroxyl groups excluding tert-OH is 1. The standard InChI is InChI=1S/C22H42INO5/c1-9-18-22(8,28)19(25)17(6)24(23)12-13(2)11-21(7,27)16(5)14(3)10-15(4)20(26)29-18/h13-19,25,27-28H,9-12H2,1-8H3/t13-,14+,15-,16-,17-,18-,19-,21-,22-/m1/s1. The van der Waals surface area contributed by atoms with Gasteiger partial charge >= 0.3 is 5.97 Å². The van der Waals surface area contributed by atoms with Crippen LogP contribution >= 0.6 is 22.9 Å². The van der Waals surface area contributed by atoms with Crippen molar-refractivity contribution in [2.75, 3.05) is 6.54 Å². The summed E-state index contributed by atoms with van der Waals surface area (Å²) in [6.45, 7) is 15.8. The SMILES string of the molecule is CC[C@H]1OC(=O)[C@H](C)C[C@H](C)[C@@H](C)[C@](C)(O)C[C@@H](C)CN(I)[C@H](C)[C@@H](O)[C@]1(C)O. The molecule has 0 aliphatic carbocycles. The van der Waals surface area contributed by atoms with Crippen LogP contribution in [0, 0.1) is 23.7 Å². The number of carbonyl (C=O) groups excluding carboxylic acids is 1. The van der Waals surface area contributed by atoms with E-state index in [0.717, 1.165) is 0 Å². The van der Waals surface area contributed by atoms with Crippen molar-refractivity contribution in [3.05, 3.63) is 0 Å². The van der Waals surface area contributed by atoms with E-state index in [1.54, 1.807) is 6.92 Å². The molecule has 6 nitrogen and oxygen atoms in total. The highest BCUT2D eigenvalue weighted by Crippen LogP contribution is 2.36. The smallest absolute Gasteiger partial charge is 0.309 e. The van der Waals surface area contributed by atoms with Crippen molar-refractivity contribution >= 4 is 28.8 Å². The highest BCUT2D eigenvalue weighted by molar-refractivity contribution is 14.1. The van der Waals surface area contributed by atoms with Crippen molar-refractivity contribution in [2.24, 2.45) is 23.7 Å². The van der Waals surface area contributed by atoms with Crippen molar-refractivity contribution in [3.8, 4) is 0 Å². The van der Waals surface area contributed by atoms with Crippen molar-refractivity contribution in [1.82, 2.24) is 3.11 Å². The highest BCUT2D eigenvalue weighted by Gasteiger charge is 2.45. The number of cyclic esters (lactones) is 1. The molecule has 1 heterocycles. The lowest BCUT2D eigenvalue weighted by molar-refractivity contribution is -0.187. The molecule has 1 saturated heterocycles. The normalized spacial score (nSPS) is 47.2. The molecule has 1 aliphatic heterocycles. The van der Waals surface area contributed by atoms with E-state index in [2.05, 4.69) is 36.7 Å². The monoisotopic (exact) mass is 527 g/mol. The van der Waals surface area contributed by atoms with E-state index >= 15 is 0 Å². The van der Waals surface area contributed by atoms with Gasteiger partial charge in [-0.15, -0.1) is 0 Å². The van der Waals surface area contributed by atoms with Gasteiger partial charge in [0.2, 0.25) is 0 Å². The number of hydrogen-bond donors (Lipinski definition) is 3. The maximum absolute atomic E-state index is 12.7. The van der Waals surface area contributed by atoms with Crippen LogP contribution in [0.3, 0.4) is 0 Å². The molecule has 1 fully saturated rings. The first kappa shape index (κ1) is 27.1. The average Bonchev–Trinajstić information content (AvgIpc) is 2.61. The summed E-state index contributed by atoms with van der Waals surface area (Å²) in [4.78, 5) is 12.7. The molecule has 7 heteroatoms. The van der Waals surface area contributed by atoms with Gasteiger partial charge in [0.1, 0.15) is 17.8 Å². The average molecular weight is 527 g/mol. The van der Waals surface area contributed by atoms with Crippen LogP contribution in [0.5, 0.6) is 0 Å². The first-order chi connectivity index (χ1) is 13.1. The Morgan fingerprint density at radius 1 is 1.17 bits per heavy atom. The fourth-order valence-corrected chi connectivity index (χ4v) is 5.57. The Morgan fingerprint density at radius 2 is 1.72 bits per heavy atom. The van der Waals surface area contributed by atoms with Crippen LogP contribution in [0.15, 0.2) is 0 Å². The predicted octanol–water partition coefficient (Wildman–Crippen LogP) is 3.55. The van der Waals surface area contributed by atoms with Crippen molar-refractivity contribution in [2.45, 2.75) is 104 Å². The fourth-order valence-electron chi connectivity index (χ4n) is 4.60. The number of halogens is 1. The van der Waals surface area contributed by atoms with E-state index in [4.69, 9.17) is 4.74 Å². The molecule has 1 rings (SSSR count).